The van der Waals surface area contributed by atoms with Gasteiger partial charge in [-0.1, -0.05) is 5.16 Å². The van der Waals surface area contributed by atoms with Gasteiger partial charge in [0, 0.05) is 13.5 Å². The van der Waals surface area contributed by atoms with Crippen molar-refractivity contribution in [3.63, 3.8) is 0 Å². The second kappa shape index (κ2) is 4.83. The molecule has 0 spiro atoms. The first kappa shape index (κ1) is 12.0. The standard InChI is InChI=1S/C11H16N2O4/c1-16-11(6-2-3-7-11)10-12-8(17-13-10)4-5-9(14)15/h2-7H2,1H3,(H,14,15). The lowest BCUT2D eigenvalue weighted by atomic mass is 10.0. The van der Waals surface area contributed by atoms with Crippen LogP contribution in [-0.2, 0) is 21.6 Å². The molecular weight excluding hydrogens is 224 g/mol. The highest BCUT2D eigenvalue weighted by molar-refractivity contribution is 5.66. The molecule has 0 bridgehead atoms. The van der Waals surface area contributed by atoms with Gasteiger partial charge >= 0.3 is 5.97 Å². The van der Waals surface area contributed by atoms with Gasteiger partial charge < -0.3 is 14.4 Å². The average molecular weight is 240 g/mol. The van der Waals surface area contributed by atoms with Gasteiger partial charge in [-0.3, -0.25) is 4.79 Å². The zero-order valence-corrected chi connectivity index (χ0v) is 9.81. The molecule has 1 aromatic heterocycles. The van der Waals surface area contributed by atoms with Crippen LogP contribution >= 0.6 is 0 Å². The van der Waals surface area contributed by atoms with Crippen LogP contribution in [0.1, 0.15) is 43.8 Å². The minimum Gasteiger partial charge on any atom is -0.481 e. The van der Waals surface area contributed by atoms with E-state index >= 15 is 0 Å². The molecule has 1 aliphatic carbocycles. The fraction of sp³-hybridized carbons (Fsp3) is 0.727. The highest BCUT2D eigenvalue weighted by atomic mass is 16.5. The van der Waals surface area contributed by atoms with E-state index in [4.69, 9.17) is 14.4 Å². The molecule has 1 fully saturated rings. The van der Waals surface area contributed by atoms with Gasteiger partial charge in [-0.2, -0.15) is 4.98 Å². The van der Waals surface area contributed by atoms with Crippen LogP contribution in [0.25, 0.3) is 0 Å². The Morgan fingerprint density at radius 2 is 2.24 bits per heavy atom. The van der Waals surface area contributed by atoms with Crippen molar-refractivity contribution in [2.24, 2.45) is 0 Å². The van der Waals surface area contributed by atoms with Crippen LogP contribution in [0.4, 0.5) is 0 Å². The van der Waals surface area contributed by atoms with E-state index in [2.05, 4.69) is 10.1 Å². The van der Waals surface area contributed by atoms with Gasteiger partial charge in [0.25, 0.3) is 0 Å². The molecule has 0 amide bonds. The minimum absolute atomic E-state index is 0.00160. The molecular formula is C11H16N2O4. The van der Waals surface area contributed by atoms with Crippen LogP contribution in [0.2, 0.25) is 0 Å². The van der Waals surface area contributed by atoms with Crippen molar-refractivity contribution in [3.8, 4) is 0 Å². The summed E-state index contributed by atoms with van der Waals surface area (Å²) in [6.07, 6.45) is 4.23. The number of hydrogen-bond acceptors (Lipinski definition) is 5. The SMILES string of the molecule is COC1(c2noc(CCC(=O)O)n2)CCCC1. The Morgan fingerprint density at radius 1 is 1.53 bits per heavy atom. The molecule has 0 aromatic carbocycles. The van der Waals surface area contributed by atoms with Gasteiger partial charge in [0.2, 0.25) is 11.7 Å². The van der Waals surface area contributed by atoms with Crippen molar-refractivity contribution in [2.45, 2.75) is 44.1 Å². The Kier molecular flexibility index (Phi) is 3.42. The van der Waals surface area contributed by atoms with Crippen LogP contribution in [0.3, 0.4) is 0 Å². The van der Waals surface area contributed by atoms with Crippen molar-refractivity contribution >= 4 is 5.97 Å². The first-order chi connectivity index (χ1) is 8.16. The molecule has 0 unspecified atom stereocenters. The summed E-state index contributed by atoms with van der Waals surface area (Å²) in [5.41, 5.74) is -0.426. The number of aromatic nitrogens is 2. The quantitative estimate of drug-likeness (QED) is 0.839. The molecule has 0 aliphatic heterocycles. The molecule has 1 saturated carbocycles. The molecule has 1 aliphatic rings. The average Bonchev–Trinajstić information content (AvgIpc) is 2.96. The van der Waals surface area contributed by atoms with Crippen molar-refractivity contribution < 1.29 is 19.2 Å². The third-order valence-corrected chi connectivity index (χ3v) is 3.23. The molecule has 0 atom stereocenters. The lowest BCUT2D eigenvalue weighted by molar-refractivity contribution is -0.137. The Hall–Kier alpha value is -1.43. The fourth-order valence-electron chi connectivity index (χ4n) is 2.22. The summed E-state index contributed by atoms with van der Waals surface area (Å²) >= 11 is 0. The van der Waals surface area contributed by atoms with E-state index in [1.807, 2.05) is 0 Å². The van der Waals surface area contributed by atoms with Gasteiger partial charge in [0.15, 0.2) is 0 Å². The Labute approximate surface area is 99.0 Å². The number of carbonyl (C=O) groups is 1. The normalized spacial score (nSPS) is 18.4. The zero-order chi connectivity index (χ0) is 12.3. The highest BCUT2D eigenvalue weighted by Gasteiger charge is 2.40. The van der Waals surface area contributed by atoms with Crippen molar-refractivity contribution in [1.29, 1.82) is 0 Å². The third kappa shape index (κ3) is 2.46. The molecule has 0 radical (unpaired) electrons. The van der Waals surface area contributed by atoms with E-state index < -0.39 is 11.6 Å². The van der Waals surface area contributed by atoms with Crippen molar-refractivity contribution in [3.05, 3.63) is 11.7 Å². The number of nitrogens with zero attached hydrogens (tertiary/aromatic N) is 2. The smallest absolute Gasteiger partial charge is 0.303 e. The molecule has 1 heterocycles. The summed E-state index contributed by atoms with van der Waals surface area (Å²) in [5.74, 6) is 0.0516. The summed E-state index contributed by atoms with van der Waals surface area (Å²) < 4.78 is 10.6. The second-order valence-corrected chi connectivity index (χ2v) is 4.31. The van der Waals surface area contributed by atoms with E-state index in [9.17, 15) is 4.79 Å². The van der Waals surface area contributed by atoms with E-state index in [0.717, 1.165) is 25.7 Å². The van der Waals surface area contributed by atoms with Crippen molar-refractivity contribution in [2.75, 3.05) is 7.11 Å². The lowest BCUT2D eigenvalue weighted by Crippen LogP contribution is -2.26. The fourth-order valence-corrected chi connectivity index (χ4v) is 2.22. The first-order valence-corrected chi connectivity index (χ1v) is 5.76. The molecule has 2 rings (SSSR count). The Balaban J connectivity index is 2.08. The molecule has 1 aromatic rings. The van der Waals surface area contributed by atoms with Gasteiger partial charge in [-0.05, 0) is 25.7 Å². The van der Waals surface area contributed by atoms with Crippen LogP contribution in [0, 0.1) is 0 Å². The maximum atomic E-state index is 10.4. The second-order valence-electron chi connectivity index (χ2n) is 4.31. The van der Waals surface area contributed by atoms with Crippen molar-refractivity contribution in [1.82, 2.24) is 10.1 Å². The molecule has 1 N–H and O–H groups in total. The van der Waals surface area contributed by atoms with Crippen LogP contribution in [-0.4, -0.2) is 28.3 Å². The van der Waals surface area contributed by atoms with Gasteiger partial charge in [-0.15, -0.1) is 0 Å². The van der Waals surface area contributed by atoms with Gasteiger partial charge in [0.1, 0.15) is 5.60 Å². The molecule has 6 nitrogen and oxygen atoms in total. The predicted octanol–water partition coefficient (Wildman–Crippen LogP) is 1.50. The van der Waals surface area contributed by atoms with Crippen LogP contribution < -0.4 is 0 Å². The topological polar surface area (TPSA) is 85.5 Å². The lowest BCUT2D eigenvalue weighted by Gasteiger charge is -2.22. The van der Waals surface area contributed by atoms with Crippen LogP contribution in [0.5, 0.6) is 0 Å². The third-order valence-electron chi connectivity index (χ3n) is 3.23. The summed E-state index contributed by atoms with van der Waals surface area (Å²) in [6, 6.07) is 0. The number of ether oxygens (including phenoxy) is 1. The molecule has 0 saturated heterocycles. The molecule has 6 heteroatoms. The maximum Gasteiger partial charge on any atom is 0.303 e. The first-order valence-electron chi connectivity index (χ1n) is 5.76. The van der Waals surface area contributed by atoms with Gasteiger partial charge in [0.05, 0.1) is 6.42 Å². The summed E-state index contributed by atoms with van der Waals surface area (Å²) in [5, 5.41) is 12.5. The molecule has 94 valence electrons. The van der Waals surface area contributed by atoms with E-state index in [1.165, 1.54) is 0 Å². The van der Waals surface area contributed by atoms with E-state index in [-0.39, 0.29) is 12.8 Å². The summed E-state index contributed by atoms with van der Waals surface area (Å²) in [7, 11) is 1.65. The number of aryl methyl sites for hydroxylation is 1. The largest absolute Gasteiger partial charge is 0.481 e. The maximum absolute atomic E-state index is 10.4. The molecule has 17 heavy (non-hydrogen) atoms. The zero-order valence-electron chi connectivity index (χ0n) is 9.81. The highest BCUT2D eigenvalue weighted by Crippen LogP contribution is 2.40. The minimum atomic E-state index is -0.868. The van der Waals surface area contributed by atoms with Gasteiger partial charge in [-0.25, -0.2) is 0 Å². The van der Waals surface area contributed by atoms with Crippen LogP contribution in [0.15, 0.2) is 4.52 Å². The summed E-state index contributed by atoms with van der Waals surface area (Å²) in [4.78, 5) is 14.7. The Bertz CT molecular complexity index is 396. The number of hydrogen-bond donors (Lipinski definition) is 1. The number of aliphatic carboxylic acids is 1. The number of carboxylic acid groups (broad SMARTS) is 1. The number of carboxylic acids is 1. The van der Waals surface area contributed by atoms with E-state index in [0.29, 0.717) is 11.7 Å². The Morgan fingerprint density at radius 3 is 2.82 bits per heavy atom. The van der Waals surface area contributed by atoms with E-state index in [1.54, 1.807) is 7.11 Å². The summed E-state index contributed by atoms with van der Waals surface area (Å²) in [6.45, 7) is 0. The number of rotatable bonds is 5. The number of methoxy groups -OCH3 is 1. The predicted molar refractivity (Wildman–Crippen MR) is 57.4 cm³/mol. The monoisotopic (exact) mass is 240 g/mol.